The number of amides is 1. The number of carbonyl (C=O) groups is 1. The Bertz CT molecular complexity index is 876. The van der Waals surface area contributed by atoms with E-state index in [1.54, 1.807) is 11.0 Å². The number of aryl methyl sites for hydroxylation is 1. The number of carbonyl (C=O) groups excluding carboxylic acids is 1. The molecule has 6 nitrogen and oxygen atoms in total. The molecule has 0 atom stereocenters. The first kappa shape index (κ1) is 18.6. The molecule has 0 bridgehead atoms. The molecule has 0 unspecified atom stereocenters. The molecule has 0 aromatic heterocycles. The summed E-state index contributed by atoms with van der Waals surface area (Å²) >= 11 is 0. The molecule has 2 aromatic carbocycles. The monoisotopic (exact) mass is 374 g/mol. The third-order valence-electron chi connectivity index (χ3n) is 4.36. The molecule has 26 heavy (non-hydrogen) atoms. The van der Waals surface area contributed by atoms with Crippen LogP contribution in [0.4, 0.5) is 0 Å². The zero-order valence-corrected chi connectivity index (χ0v) is 15.5. The Balaban J connectivity index is 1.80. The topological polar surface area (TPSA) is 75.7 Å². The Hall–Kier alpha value is -2.22. The molecule has 138 valence electrons. The van der Waals surface area contributed by atoms with Gasteiger partial charge in [-0.2, -0.15) is 0 Å². The van der Waals surface area contributed by atoms with Gasteiger partial charge in [0.2, 0.25) is 10.0 Å². The van der Waals surface area contributed by atoms with Crippen LogP contribution >= 0.6 is 0 Å². The van der Waals surface area contributed by atoms with E-state index in [9.17, 15) is 13.2 Å². The Morgan fingerprint density at radius 1 is 1.12 bits per heavy atom. The number of nitrogens with one attached hydrogen (secondary N) is 1. The highest BCUT2D eigenvalue weighted by Gasteiger charge is 2.22. The fraction of sp³-hybridized carbons (Fsp3) is 0.316. The van der Waals surface area contributed by atoms with Crippen LogP contribution in [0.15, 0.2) is 53.4 Å². The summed E-state index contributed by atoms with van der Waals surface area (Å²) < 4.78 is 33.1. The summed E-state index contributed by atoms with van der Waals surface area (Å²) in [5.41, 5.74) is 2.03. The van der Waals surface area contributed by atoms with Crippen LogP contribution in [-0.4, -0.2) is 45.5 Å². The van der Waals surface area contributed by atoms with Crippen molar-refractivity contribution in [2.24, 2.45) is 0 Å². The maximum absolute atomic E-state index is 12.7. The molecule has 0 spiro atoms. The van der Waals surface area contributed by atoms with E-state index in [0.717, 1.165) is 11.1 Å². The molecule has 0 aliphatic carbocycles. The maximum Gasteiger partial charge on any atom is 0.254 e. The van der Waals surface area contributed by atoms with E-state index in [2.05, 4.69) is 4.72 Å². The first-order valence-electron chi connectivity index (χ1n) is 8.48. The van der Waals surface area contributed by atoms with Crippen molar-refractivity contribution in [3.8, 4) is 0 Å². The number of ether oxygens (including phenoxy) is 1. The quantitative estimate of drug-likeness (QED) is 0.868. The van der Waals surface area contributed by atoms with Crippen molar-refractivity contribution < 1.29 is 17.9 Å². The van der Waals surface area contributed by atoms with Crippen molar-refractivity contribution in [1.29, 1.82) is 0 Å². The first-order chi connectivity index (χ1) is 12.5. The summed E-state index contributed by atoms with van der Waals surface area (Å²) in [5, 5.41) is 0. The van der Waals surface area contributed by atoms with Crippen molar-refractivity contribution in [3.05, 3.63) is 65.2 Å². The van der Waals surface area contributed by atoms with Gasteiger partial charge in [-0.05, 0) is 30.2 Å². The molecule has 1 aliphatic heterocycles. The molecule has 2 aromatic rings. The number of rotatable bonds is 5. The molecule has 0 radical (unpaired) electrons. The Labute approximate surface area is 153 Å². The van der Waals surface area contributed by atoms with Gasteiger partial charge in [-0.1, -0.05) is 36.4 Å². The van der Waals surface area contributed by atoms with Crippen molar-refractivity contribution in [3.63, 3.8) is 0 Å². The summed E-state index contributed by atoms with van der Waals surface area (Å²) in [6.07, 6.45) is 0. The van der Waals surface area contributed by atoms with Gasteiger partial charge in [0.25, 0.3) is 5.91 Å². The van der Waals surface area contributed by atoms with E-state index in [1.807, 2.05) is 37.3 Å². The summed E-state index contributed by atoms with van der Waals surface area (Å²) in [4.78, 5) is 14.5. The molecule has 3 rings (SSSR count). The molecule has 1 fully saturated rings. The number of morpholine rings is 1. The Morgan fingerprint density at radius 3 is 2.50 bits per heavy atom. The van der Waals surface area contributed by atoms with Gasteiger partial charge < -0.3 is 9.64 Å². The second-order valence-electron chi connectivity index (χ2n) is 6.19. The zero-order valence-electron chi connectivity index (χ0n) is 14.6. The van der Waals surface area contributed by atoms with E-state index >= 15 is 0 Å². The van der Waals surface area contributed by atoms with E-state index in [4.69, 9.17) is 4.74 Å². The van der Waals surface area contributed by atoms with Gasteiger partial charge >= 0.3 is 0 Å². The van der Waals surface area contributed by atoms with Gasteiger partial charge in [0.15, 0.2) is 0 Å². The molecule has 1 N–H and O–H groups in total. The number of sulfonamides is 1. The summed E-state index contributed by atoms with van der Waals surface area (Å²) in [6.45, 7) is 4.04. The lowest BCUT2D eigenvalue weighted by atomic mass is 10.1. The van der Waals surface area contributed by atoms with Crippen LogP contribution in [0.25, 0.3) is 0 Å². The molecular formula is C19H22N2O4S. The van der Waals surface area contributed by atoms with Crippen molar-refractivity contribution in [2.75, 3.05) is 26.3 Å². The molecule has 0 saturated carbocycles. The predicted molar refractivity (Wildman–Crippen MR) is 98.4 cm³/mol. The highest BCUT2D eigenvalue weighted by molar-refractivity contribution is 7.89. The fourth-order valence-corrected chi connectivity index (χ4v) is 3.84. The van der Waals surface area contributed by atoms with E-state index < -0.39 is 10.0 Å². The van der Waals surface area contributed by atoms with Crippen molar-refractivity contribution in [1.82, 2.24) is 9.62 Å². The van der Waals surface area contributed by atoms with E-state index in [1.165, 1.54) is 12.1 Å². The fourth-order valence-electron chi connectivity index (χ4n) is 2.79. The van der Waals surface area contributed by atoms with Crippen LogP contribution in [0.3, 0.4) is 0 Å². The summed E-state index contributed by atoms with van der Waals surface area (Å²) in [7, 11) is -3.71. The SMILES string of the molecule is Cc1ccc(S(=O)(=O)NCc2ccccc2)cc1C(=O)N1CCOCC1. The predicted octanol–water partition coefficient (Wildman–Crippen LogP) is 1.95. The molecule has 1 amide bonds. The Kier molecular flexibility index (Phi) is 5.70. The third-order valence-corrected chi connectivity index (χ3v) is 5.76. The highest BCUT2D eigenvalue weighted by atomic mass is 32.2. The van der Waals surface area contributed by atoms with Crippen molar-refractivity contribution >= 4 is 15.9 Å². The van der Waals surface area contributed by atoms with Crippen LogP contribution in [0.2, 0.25) is 0 Å². The minimum absolute atomic E-state index is 0.0932. The second kappa shape index (κ2) is 7.99. The number of hydrogen-bond acceptors (Lipinski definition) is 4. The maximum atomic E-state index is 12.7. The first-order valence-corrected chi connectivity index (χ1v) is 9.97. The van der Waals surface area contributed by atoms with Gasteiger partial charge in [-0.15, -0.1) is 0 Å². The van der Waals surface area contributed by atoms with Gasteiger partial charge in [-0.25, -0.2) is 13.1 Å². The zero-order chi connectivity index (χ0) is 18.6. The lowest BCUT2D eigenvalue weighted by Gasteiger charge is -2.27. The van der Waals surface area contributed by atoms with Gasteiger partial charge in [0.05, 0.1) is 18.1 Å². The number of benzene rings is 2. The van der Waals surface area contributed by atoms with E-state index in [0.29, 0.717) is 31.9 Å². The summed E-state index contributed by atoms with van der Waals surface area (Å²) in [6, 6.07) is 13.9. The lowest BCUT2D eigenvalue weighted by Crippen LogP contribution is -2.41. The standard InChI is InChI=1S/C19H22N2O4S/c1-15-7-8-17(13-18(15)19(22)21-9-11-25-12-10-21)26(23,24)20-14-16-5-3-2-4-6-16/h2-8,13,20H,9-12,14H2,1H3. The molecular weight excluding hydrogens is 352 g/mol. The van der Waals surface area contributed by atoms with Crippen LogP contribution in [-0.2, 0) is 21.3 Å². The minimum atomic E-state index is -3.71. The molecule has 1 aliphatic rings. The molecule has 1 saturated heterocycles. The van der Waals surface area contributed by atoms with Gasteiger partial charge in [0.1, 0.15) is 0 Å². The largest absolute Gasteiger partial charge is 0.378 e. The number of nitrogens with zero attached hydrogens (tertiary/aromatic N) is 1. The van der Waals surface area contributed by atoms with Gasteiger partial charge in [-0.3, -0.25) is 4.79 Å². The average Bonchev–Trinajstić information content (AvgIpc) is 2.68. The second-order valence-corrected chi connectivity index (χ2v) is 7.96. The molecule has 7 heteroatoms. The summed E-state index contributed by atoms with van der Waals surface area (Å²) in [5.74, 6) is -0.161. The van der Waals surface area contributed by atoms with Gasteiger partial charge in [0, 0.05) is 25.2 Å². The van der Waals surface area contributed by atoms with Crippen LogP contribution in [0.5, 0.6) is 0 Å². The Morgan fingerprint density at radius 2 is 1.81 bits per heavy atom. The van der Waals surface area contributed by atoms with Crippen LogP contribution in [0, 0.1) is 6.92 Å². The van der Waals surface area contributed by atoms with E-state index in [-0.39, 0.29) is 17.3 Å². The van der Waals surface area contributed by atoms with Crippen molar-refractivity contribution in [2.45, 2.75) is 18.4 Å². The average molecular weight is 374 g/mol. The van der Waals surface area contributed by atoms with Crippen LogP contribution in [0.1, 0.15) is 21.5 Å². The minimum Gasteiger partial charge on any atom is -0.378 e. The van der Waals surface area contributed by atoms with Crippen LogP contribution < -0.4 is 4.72 Å². The lowest BCUT2D eigenvalue weighted by molar-refractivity contribution is 0.0302. The highest BCUT2D eigenvalue weighted by Crippen LogP contribution is 2.18. The normalized spacial score (nSPS) is 15.0. The third kappa shape index (κ3) is 4.30. The molecule has 1 heterocycles. The smallest absolute Gasteiger partial charge is 0.254 e. The number of hydrogen-bond donors (Lipinski definition) is 1.